The first-order valence-corrected chi connectivity index (χ1v) is 6.11. The van der Waals surface area contributed by atoms with Gasteiger partial charge in [0.15, 0.2) is 0 Å². The van der Waals surface area contributed by atoms with Crippen LogP contribution in [0.15, 0.2) is 40.8 Å². The lowest BCUT2D eigenvalue weighted by Gasteiger charge is -2.07. The molecule has 1 heterocycles. The van der Waals surface area contributed by atoms with Gasteiger partial charge in [-0.05, 0) is 31.9 Å². The third-order valence-electron chi connectivity index (χ3n) is 3.71. The number of benzene rings is 1. The largest absolute Gasteiger partial charge is 0.460 e. The molecule has 17 heavy (non-hydrogen) atoms. The average molecular weight is 227 g/mol. The van der Waals surface area contributed by atoms with Gasteiger partial charge in [0.05, 0.1) is 0 Å². The van der Waals surface area contributed by atoms with E-state index in [1.54, 1.807) is 0 Å². The van der Waals surface area contributed by atoms with Gasteiger partial charge in [0.1, 0.15) is 11.5 Å². The number of rotatable bonds is 3. The Balaban J connectivity index is 1.92. The molecule has 2 nitrogen and oxygen atoms in total. The molecule has 0 unspecified atom stereocenters. The minimum atomic E-state index is 0.142. The molecule has 88 valence electrons. The van der Waals surface area contributed by atoms with Crippen molar-refractivity contribution in [2.75, 3.05) is 6.54 Å². The van der Waals surface area contributed by atoms with Crippen LogP contribution < -0.4 is 5.73 Å². The van der Waals surface area contributed by atoms with Crippen molar-refractivity contribution in [1.82, 2.24) is 0 Å². The fourth-order valence-corrected chi connectivity index (χ4v) is 2.20. The molecule has 0 radical (unpaired) electrons. The second-order valence-corrected chi connectivity index (χ2v) is 5.01. The summed E-state index contributed by atoms with van der Waals surface area (Å²) in [6.45, 7) is 2.78. The summed E-state index contributed by atoms with van der Waals surface area (Å²) in [4.78, 5) is 0. The highest BCUT2D eigenvalue weighted by Gasteiger charge is 2.45. The molecule has 2 aromatic rings. The summed E-state index contributed by atoms with van der Waals surface area (Å²) in [7, 11) is 0. The van der Waals surface area contributed by atoms with Crippen molar-refractivity contribution in [1.29, 1.82) is 0 Å². The van der Waals surface area contributed by atoms with Crippen LogP contribution >= 0.6 is 0 Å². The predicted octanol–water partition coefficient (Wildman–Crippen LogP) is 3.25. The fourth-order valence-electron chi connectivity index (χ4n) is 2.20. The van der Waals surface area contributed by atoms with Crippen LogP contribution in [0.1, 0.15) is 24.2 Å². The van der Waals surface area contributed by atoms with E-state index in [-0.39, 0.29) is 5.41 Å². The first-order valence-electron chi connectivity index (χ1n) is 6.11. The predicted molar refractivity (Wildman–Crippen MR) is 68.8 cm³/mol. The van der Waals surface area contributed by atoms with E-state index >= 15 is 0 Å². The van der Waals surface area contributed by atoms with Gasteiger partial charge in [-0.2, -0.15) is 0 Å². The summed E-state index contributed by atoms with van der Waals surface area (Å²) >= 11 is 0. The molecule has 1 saturated carbocycles. The first kappa shape index (κ1) is 10.6. The monoisotopic (exact) mass is 227 g/mol. The van der Waals surface area contributed by atoms with Gasteiger partial charge in [0.2, 0.25) is 0 Å². The summed E-state index contributed by atoms with van der Waals surface area (Å²) in [5.41, 5.74) is 8.35. The smallest absolute Gasteiger partial charge is 0.134 e. The molecule has 2 N–H and O–H groups in total. The van der Waals surface area contributed by atoms with Gasteiger partial charge in [0.25, 0.3) is 0 Å². The summed E-state index contributed by atoms with van der Waals surface area (Å²) in [5.74, 6) is 2.00. The number of aryl methyl sites for hydroxylation is 1. The lowest BCUT2D eigenvalue weighted by molar-refractivity contribution is 0.464. The SMILES string of the molecule is Cc1ccc(-c2ccc(C3(CN)CC3)o2)cc1. The average Bonchev–Trinajstić information content (AvgIpc) is 3.00. The van der Waals surface area contributed by atoms with Crippen molar-refractivity contribution >= 4 is 0 Å². The molecule has 1 fully saturated rings. The Kier molecular flexibility index (Phi) is 2.33. The zero-order valence-corrected chi connectivity index (χ0v) is 10.1. The maximum Gasteiger partial charge on any atom is 0.134 e. The molecular formula is C15H17NO. The van der Waals surface area contributed by atoms with Crippen molar-refractivity contribution in [2.45, 2.75) is 25.2 Å². The second kappa shape index (κ2) is 3.74. The third-order valence-corrected chi connectivity index (χ3v) is 3.71. The number of hydrogen-bond donors (Lipinski definition) is 1. The Morgan fingerprint density at radius 2 is 1.82 bits per heavy atom. The maximum atomic E-state index is 5.95. The molecule has 0 saturated heterocycles. The van der Waals surface area contributed by atoms with Crippen molar-refractivity contribution in [3.8, 4) is 11.3 Å². The Morgan fingerprint density at radius 3 is 2.41 bits per heavy atom. The Labute approximate surface area is 101 Å². The van der Waals surface area contributed by atoms with Crippen LogP contribution in [-0.4, -0.2) is 6.54 Å². The standard InChI is InChI=1S/C15H17NO/c1-11-2-4-12(5-3-11)13-6-7-14(17-13)15(10-16)8-9-15/h2-7H,8-10,16H2,1H3. The molecule has 3 rings (SSSR count). The Bertz CT molecular complexity index is 520. The molecule has 1 aliphatic carbocycles. The Hall–Kier alpha value is -1.54. The summed E-state index contributed by atoms with van der Waals surface area (Å²) in [5, 5.41) is 0. The van der Waals surface area contributed by atoms with Crippen LogP contribution in [0.5, 0.6) is 0 Å². The zero-order chi connectivity index (χ0) is 11.9. The van der Waals surface area contributed by atoms with Gasteiger partial charge in [-0.15, -0.1) is 0 Å². The van der Waals surface area contributed by atoms with Crippen molar-refractivity contribution in [2.24, 2.45) is 5.73 Å². The van der Waals surface area contributed by atoms with Crippen LogP contribution in [0.25, 0.3) is 11.3 Å². The number of nitrogens with two attached hydrogens (primary N) is 1. The summed E-state index contributed by atoms with van der Waals surface area (Å²) in [6.07, 6.45) is 2.31. The molecule has 0 atom stereocenters. The minimum Gasteiger partial charge on any atom is -0.460 e. The van der Waals surface area contributed by atoms with E-state index in [2.05, 4.69) is 43.3 Å². The van der Waals surface area contributed by atoms with E-state index in [0.29, 0.717) is 6.54 Å². The van der Waals surface area contributed by atoms with Crippen molar-refractivity contribution < 1.29 is 4.42 Å². The van der Waals surface area contributed by atoms with Gasteiger partial charge in [0, 0.05) is 17.5 Å². The summed E-state index contributed by atoms with van der Waals surface area (Å²) in [6, 6.07) is 12.5. The fraction of sp³-hybridized carbons (Fsp3) is 0.333. The van der Waals surface area contributed by atoms with E-state index < -0.39 is 0 Å². The van der Waals surface area contributed by atoms with Gasteiger partial charge < -0.3 is 10.2 Å². The van der Waals surface area contributed by atoms with Crippen molar-refractivity contribution in [3.63, 3.8) is 0 Å². The van der Waals surface area contributed by atoms with Crippen LogP contribution in [0.3, 0.4) is 0 Å². The van der Waals surface area contributed by atoms with Gasteiger partial charge >= 0.3 is 0 Å². The number of hydrogen-bond acceptors (Lipinski definition) is 2. The van der Waals surface area contributed by atoms with Crippen molar-refractivity contribution in [3.05, 3.63) is 47.7 Å². The molecular weight excluding hydrogens is 210 g/mol. The highest BCUT2D eigenvalue weighted by Crippen LogP contribution is 2.48. The van der Waals surface area contributed by atoms with E-state index in [1.165, 1.54) is 5.56 Å². The molecule has 0 amide bonds. The molecule has 0 bridgehead atoms. The molecule has 1 aromatic heterocycles. The zero-order valence-electron chi connectivity index (χ0n) is 10.1. The van der Waals surface area contributed by atoms with Crippen LogP contribution in [0, 0.1) is 6.92 Å². The Morgan fingerprint density at radius 1 is 1.12 bits per heavy atom. The highest BCUT2D eigenvalue weighted by atomic mass is 16.3. The van der Waals surface area contributed by atoms with Crippen LogP contribution in [-0.2, 0) is 5.41 Å². The number of furan rings is 1. The normalized spacial score (nSPS) is 17.1. The molecule has 1 aromatic carbocycles. The van der Waals surface area contributed by atoms with E-state index in [4.69, 9.17) is 10.2 Å². The second-order valence-electron chi connectivity index (χ2n) is 5.01. The molecule has 1 aliphatic rings. The quantitative estimate of drug-likeness (QED) is 0.874. The minimum absolute atomic E-state index is 0.142. The van der Waals surface area contributed by atoms with E-state index in [9.17, 15) is 0 Å². The lowest BCUT2D eigenvalue weighted by Crippen LogP contribution is -2.18. The lowest BCUT2D eigenvalue weighted by atomic mass is 10.1. The third kappa shape index (κ3) is 1.79. The van der Waals surface area contributed by atoms with Gasteiger partial charge in [-0.1, -0.05) is 29.8 Å². The van der Waals surface area contributed by atoms with Crippen LogP contribution in [0.4, 0.5) is 0 Å². The first-order chi connectivity index (χ1) is 8.23. The van der Waals surface area contributed by atoms with Gasteiger partial charge in [-0.3, -0.25) is 0 Å². The van der Waals surface area contributed by atoms with E-state index in [1.807, 2.05) is 0 Å². The molecule has 0 spiro atoms. The highest BCUT2D eigenvalue weighted by molar-refractivity contribution is 5.58. The molecule has 2 heteroatoms. The maximum absolute atomic E-state index is 5.95. The summed E-state index contributed by atoms with van der Waals surface area (Å²) < 4.78 is 5.95. The van der Waals surface area contributed by atoms with Crippen LogP contribution in [0.2, 0.25) is 0 Å². The van der Waals surface area contributed by atoms with Gasteiger partial charge in [-0.25, -0.2) is 0 Å². The topological polar surface area (TPSA) is 39.2 Å². The van der Waals surface area contributed by atoms with E-state index in [0.717, 1.165) is 29.9 Å². The molecule has 0 aliphatic heterocycles.